The third-order valence-electron chi connectivity index (χ3n) is 3.71. The van der Waals surface area contributed by atoms with Gasteiger partial charge in [-0.15, -0.1) is 11.3 Å². The van der Waals surface area contributed by atoms with Gasteiger partial charge < -0.3 is 14.8 Å². The number of halogens is 1. The second-order valence-electron chi connectivity index (χ2n) is 5.35. The Balaban J connectivity index is 1.60. The summed E-state index contributed by atoms with van der Waals surface area (Å²) in [4.78, 5) is 15.5. The van der Waals surface area contributed by atoms with Gasteiger partial charge in [-0.1, -0.05) is 11.6 Å². The van der Waals surface area contributed by atoms with Gasteiger partial charge in [-0.2, -0.15) is 0 Å². The Labute approximate surface area is 143 Å². The molecule has 1 atom stereocenters. The SMILES string of the molecule is C[C@@H](C(=O)Nc1ccc2c(c1)OCO2)N(C)Cc1ccc(Cl)s1. The molecule has 1 N–H and O–H groups in total. The number of thiophene rings is 1. The molecule has 122 valence electrons. The normalized spacial score (nSPS) is 14.1. The minimum Gasteiger partial charge on any atom is -0.454 e. The van der Waals surface area contributed by atoms with Gasteiger partial charge in [-0.05, 0) is 38.2 Å². The summed E-state index contributed by atoms with van der Waals surface area (Å²) in [5.74, 6) is 1.27. The molecule has 1 aliphatic heterocycles. The van der Waals surface area contributed by atoms with Crippen molar-refractivity contribution in [2.24, 2.45) is 0 Å². The van der Waals surface area contributed by atoms with Crippen LogP contribution >= 0.6 is 22.9 Å². The van der Waals surface area contributed by atoms with Crippen molar-refractivity contribution in [2.75, 3.05) is 19.2 Å². The van der Waals surface area contributed by atoms with E-state index < -0.39 is 0 Å². The van der Waals surface area contributed by atoms with Crippen LogP contribution in [0.1, 0.15) is 11.8 Å². The average Bonchev–Trinajstić information content (AvgIpc) is 3.14. The number of likely N-dealkylation sites (N-methyl/N-ethyl adjacent to an activating group) is 1. The Morgan fingerprint density at radius 2 is 2.13 bits per heavy atom. The Hall–Kier alpha value is -1.76. The molecular formula is C16H17ClN2O3S. The Morgan fingerprint density at radius 3 is 2.87 bits per heavy atom. The van der Waals surface area contributed by atoms with Crippen LogP contribution in [-0.2, 0) is 11.3 Å². The first-order valence-corrected chi connectivity index (χ1v) is 8.37. The highest BCUT2D eigenvalue weighted by Gasteiger charge is 2.20. The lowest BCUT2D eigenvalue weighted by Crippen LogP contribution is -2.39. The van der Waals surface area contributed by atoms with E-state index >= 15 is 0 Å². The second-order valence-corrected chi connectivity index (χ2v) is 7.15. The summed E-state index contributed by atoms with van der Waals surface area (Å²) in [6.45, 7) is 2.76. The predicted octanol–water partition coefficient (Wildman–Crippen LogP) is 3.59. The van der Waals surface area contributed by atoms with Gasteiger partial charge in [0.25, 0.3) is 0 Å². The smallest absolute Gasteiger partial charge is 0.241 e. The highest BCUT2D eigenvalue weighted by molar-refractivity contribution is 7.16. The first-order valence-electron chi connectivity index (χ1n) is 7.18. The molecule has 0 bridgehead atoms. The van der Waals surface area contributed by atoms with Crippen LogP contribution in [0.15, 0.2) is 30.3 Å². The number of benzene rings is 1. The topological polar surface area (TPSA) is 50.8 Å². The molecule has 2 aromatic rings. The van der Waals surface area contributed by atoms with Gasteiger partial charge in [0.15, 0.2) is 11.5 Å². The Morgan fingerprint density at radius 1 is 1.35 bits per heavy atom. The number of carbonyl (C=O) groups excluding carboxylic acids is 1. The molecule has 1 aromatic carbocycles. The number of ether oxygens (including phenoxy) is 2. The van der Waals surface area contributed by atoms with Crippen LogP contribution < -0.4 is 14.8 Å². The van der Waals surface area contributed by atoms with Crippen LogP contribution in [0, 0.1) is 0 Å². The van der Waals surface area contributed by atoms with Crippen molar-refractivity contribution in [3.05, 3.63) is 39.5 Å². The molecule has 1 aliphatic rings. The van der Waals surface area contributed by atoms with Crippen molar-refractivity contribution >= 4 is 34.5 Å². The Bertz CT molecular complexity index is 719. The van der Waals surface area contributed by atoms with E-state index in [1.165, 1.54) is 11.3 Å². The first kappa shape index (κ1) is 16.1. The summed E-state index contributed by atoms with van der Waals surface area (Å²) in [5, 5.41) is 2.90. The predicted molar refractivity (Wildman–Crippen MR) is 91.5 cm³/mol. The van der Waals surface area contributed by atoms with Crippen molar-refractivity contribution in [2.45, 2.75) is 19.5 Å². The van der Waals surface area contributed by atoms with E-state index in [1.54, 1.807) is 18.2 Å². The molecule has 0 fully saturated rings. The molecule has 23 heavy (non-hydrogen) atoms. The number of rotatable bonds is 5. The molecule has 2 heterocycles. The molecule has 0 aliphatic carbocycles. The molecule has 0 saturated carbocycles. The van der Waals surface area contributed by atoms with E-state index in [-0.39, 0.29) is 18.7 Å². The number of fused-ring (bicyclic) bond motifs is 1. The maximum absolute atomic E-state index is 12.4. The van der Waals surface area contributed by atoms with E-state index in [4.69, 9.17) is 21.1 Å². The van der Waals surface area contributed by atoms with Crippen LogP contribution in [0.3, 0.4) is 0 Å². The third kappa shape index (κ3) is 3.77. The van der Waals surface area contributed by atoms with Gasteiger partial charge in [0.1, 0.15) is 0 Å². The minimum atomic E-state index is -0.277. The third-order valence-corrected chi connectivity index (χ3v) is 4.93. The molecule has 3 rings (SSSR count). The maximum atomic E-state index is 12.4. The zero-order valence-electron chi connectivity index (χ0n) is 12.8. The maximum Gasteiger partial charge on any atom is 0.241 e. The molecule has 1 amide bonds. The number of hydrogen-bond donors (Lipinski definition) is 1. The van der Waals surface area contributed by atoms with E-state index in [1.807, 2.05) is 31.0 Å². The molecule has 7 heteroatoms. The summed E-state index contributed by atoms with van der Waals surface area (Å²) in [7, 11) is 1.91. The molecule has 1 aromatic heterocycles. The lowest BCUT2D eigenvalue weighted by atomic mass is 10.2. The van der Waals surface area contributed by atoms with Gasteiger partial charge in [0.2, 0.25) is 12.7 Å². The zero-order chi connectivity index (χ0) is 16.4. The van der Waals surface area contributed by atoms with Crippen molar-refractivity contribution in [3.63, 3.8) is 0 Å². The lowest BCUT2D eigenvalue weighted by Gasteiger charge is -2.23. The van der Waals surface area contributed by atoms with E-state index in [0.717, 1.165) is 9.21 Å². The number of nitrogens with one attached hydrogen (secondary N) is 1. The average molecular weight is 353 g/mol. The summed E-state index contributed by atoms with van der Waals surface area (Å²) < 4.78 is 11.3. The van der Waals surface area contributed by atoms with Gasteiger partial charge in [0, 0.05) is 23.2 Å². The van der Waals surface area contributed by atoms with Gasteiger partial charge in [0.05, 0.1) is 10.4 Å². The van der Waals surface area contributed by atoms with Gasteiger partial charge >= 0.3 is 0 Å². The highest BCUT2D eigenvalue weighted by atomic mass is 35.5. The number of carbonyl (C=O) groups is 1. The molecule has 0 saturated heterocycles. The fourth-order valence-electron chi connectivity index (χ4n) is 2.24. The monoisotopic (exact) mass is 352 g/mol. The van der Waals surface area contributed by atoms with Crippen molar-refractivity contribution in [1.82, 2.24) is 4.90 Å². The molecule has 0 spiro atoms. The van der Waals surface area contributed by atoms with Gasteiger partial charge in [-0.25, -0.2) is 0 Å². The largest absolute Gasteiger partial charge is 0.454 e. The standard InChI is InChI=1S/C16H17ClN2O3S/c1-10(19(2)8-12-4-6-15(17)23-12)16(20)18-11-3-5-13-14(7-11)22-9-21-13/h3-7,10H,8-9H2,1-2H3,(H,18,20)/t10-/m0/s1. The Kier molecular flexibility index (Phi) is 4.75. The molecule has 5 nitrogen and oxygen atoms in total. The van der Waals surface area contributed by atoms with Crippen LogP contribution in [-0.4, -0.2) is 30.7 Å². The van der Waals surface area contributed by atoms with Gasteiger partial charge in [-0.3, -0.25) is 9.69 Å². The number of anilines is 1. The fraction of sp³-hybridized carbons (Fsp3) is 0.312. The van der Waals surface area contributed by atoms with Crippen LogP contribution in [0.4, 0.5) is 5.69 Å². The summed E-state index contributed by atoms with van der Waals surface area (Å²) in [5.41, 5.74) is 0.693. The van der Waals surface area contributed by atoms with Crippen molar-refractivity contribution < 1.29 is 14.3 Å². The quantitative estimate of drug-likeness (QED) is 0.893. The summed E-state index contributed by atoms with van der Waals surface area (Å²) >= 11 is 7.46. The summed E-state index contributed by atoms with van der Waals surface area (Å²) in [6.07, 6.45) is 0. The van der Waals surface area contributed by atoms with Crippen molar-refractivity contribution in [1.29, 1.82) is 0 Å². The van der Waals surface area contributed by atoms with E-state index in [0.29, 0.717) is 23.7 Å². The molecular weight excluding hydrogens is 336 g/mol. The second kappa shape index (κ2) is 6.78. The first-order chi connectivity index (χ1) is 11.0. The number of hydrogen-bond acceptors (Lipinski definition) is 5. The van der Waals surface area contributed by atoms with Crippen LogP contribution in [0.5, 0.6) is 11.5 Å². The van der Waals surface area contributed by atoms with Crippen LogP contribution in [0.2, 0.25) is 4.34 Å². The minimum absolute atomic E-state index is 0.0750. The number of nitrogens with zero attached hydrogens (tertiary/aromatic N) is 1. The zero-order valence-corrected chi connectivity index (χ0v) is 14.4. The fourth-order valence-corrected chi connectivity index (χ4v) is 3.39. The summed E-state index contributed by atoms with van der Waals surface area (Å²) in [6, 6.07) is 8.93. The van der Waals surface area contributed by atoms with Crippen LogP contribution in [0.25, 0.3) is 0 Å². The lowest BCUT2D eigenvalue weighted by molar-refractivity contribution is -0.120. The number of amides is 1. The van der Waals surface area contributed by atoms with E-state index in [9.17, 15) is 4.79 Å². The molecule has 0 unspecified atom stereocenters. The molecule has 0 radical (unpaired) electrons. The van der Waals surface area contributed by atoms with E-state index in [2.05, 4.69) is 5.32 Å². The highest BCUT2D eigenvalue weighted by Crippen LogP contribution is 2.34. The van der Waals surface area contributed by atoms with Crippen molar-refractivity contribution in [3.8, 4) is 11.5 Å².